The number of aryl methyl sites for hydroxylation is 1. The number of rotatable bonds is 4. The van der Waals surface area contributed by atoms with Crippen LogP contribution >= 0.6 is 0 Å². The molecule has 1 aromatic heterocycles. The Morgan fingerprint density at radius 1 is 1.22 bits per heavy atom. The normalized spacial score (nSPS) is 11.0. The van der Waals surface area contributed by atoms with Crippen molar-refractivity contribution < 1.29 is 4.74 Å². The highest BCUT2D eigenvalue weighted by Crippen LogP contribution is 2.26. The van der Waals surface area contributed by atoms with Gasteiger partial charge in [0.15, 0.2) is 0 Å². The Hall–Kier alpha value is -3.22. The molecule has 0 radical (unpaired) electrons. The number of anilines is 1. The molecule has 1 heterocycles. The lowest BCUT2D eigenvalue weighted by Crippen LogP contribution is -2.15. The average molecular weight is 309 g/mol. The maximum absolute atomic E-state index is 11.5. The molecule has 0 spiro atoms. The van der Waals surface area contributed by atoms with Crippen LogP contribution in [0.3, 0.4) is 0 Å². The molecular formula is C16H15N5O2. The minimum Gasteiger partial charge on any atom is -0.496 e. The summed E-state index contributed by atoms with van der Waals surface area (Å²) < 4.78 is 5.39. The van der Waals surface area contributed by atoms with E-state index in [0.717, 1.165) is 16.3 Å². The predicted octanol–water partition coefficient (Wildman–Crippen LogP) is 2.08. The quantitative estimate of drug-likeness (QED) is 0.568. The van der Waals surface area contributed by atoms with Gasteiger partial charge in [0, 0.05) is 5.56 Å². The molecule has 2 aromatic carbocycles. The van der Waals surface area contributed by atoms with E-state index >= 15 is 0 Å². The highest BCUT2D eigenvalue weighted by Gasteiger charge is 2.06. The van der Waals surface area contributed by atoms with Gasteiger partial charge in [-0.05, 0) is 23.8 Å². The number of benzene rings is 2. The van der Waals surface area contributed by atoms with E-state index in [9.17, 15) is 4.79 Å². The van der Waals surface area contributed by atoms with Crippen molar-refractivity contribution in [1.82, 2.24) is 15.2 Å². The first-order valence-corrected chi connectivity index (χ1v) is 6.97. The van der Waals surface area contributed by atoms with E-state index in [1.165, 1.54) is 0 Å². The van der Waals surface area contributed by atoms with E-state index in [4.69, 9.17) is 4.74 Å². The molecule has 0 aliphatic rings. The minimum atomic E-state index is -0.305. The number of fused-ring (bicyclic) bond motifs is 1. The van der Waals surface area contributed by atoms with E-state index in [1.54, 1.807) is 20.2 Å². The number of nitrogens with one attached hydrogen (secondary N) is 2. The molecule has 7 nitrogen and oxygen atoms in total. The summed E-state index contributed by atoms with van der Waals surface area (Å²) in [6, 6.07) is 11.8. The molecule has 0 atom stereocenters. The zero-order valence-electron chi connectivity index (χ0n) is 12.7. The first-order chi connectivity index (χ1) is 11.2. The summed E-state index contributed by atoms with van der Waals surface area (Å²) in [5, 5.41) is 13.8. The molecule has 0 saturated carbocycles. The van der Waals surface area contributed by atoms with Crippen LogP contribution in [0.2, 0.25) is 0 Å². The number of ether oxygens (including phenoxy) is 1. The molecule has 3 aromatic rings. The van der Waals surface area contributed by atoms with Crippen LogP contribution in [0.1, 0.15) is 11.3 Å². The van der Waals surface area contributed by atoms with Gasteiger partial charge in [0.2, 0.25) is 5.95 Å². The van der Waals surface area contributed by atoms with Crippen LogP contribution < -0.4 is 15.7 Å². The average Bonchev–Trinajstić information content (AvgIpc) is 2.58. The fourth-order valence-electron chi connectivity index (χ4n) is 2.19. The first kappa shape index (κ1) is 14.7. The number of hydrogen-bond acceptors (Lipinski definition) is 6. The number of H-pyrrole nitrogens is 1. The lowest BCUT2D eigenvalue weighted by atomic mass is 10.0. The third-order valence-corrected chi connectivity index (χ3v) is 3.38. The van der Waals surface area contributed by atoms with Gasteiger partial charge in [-0.15, -0.1) is 10.2 Å². The molecule has 0 saturated heterocycles. The lowest BCUT2D eigenvalue weighted by Gasteiger charge is -2.08. The number of hydrazone groups is 1. The Morgan fingerprint density at radius 2 is 2.04 bits per heavy atom. The van der Waals surface area contributed by atoms with Crippen molar-refractivity contribution in [1.29, 1.82) is 0 Å². The van der Waals surface area contributed by atoms with E-state index in [0.29, 0.717) is 11.4 Å². The zero-order valence-corrected chi connectivity index (χ0v) is 12.7. The van der Waals surface area contributed by atoms with Gasteiger partial charge in [0.25, 0.3) is 5.56 Å². The summed E-state index contributed by atoms with van der Waals surface area (Å²) in [5.41, 5.74) is 3.49. The van der Waals surface area contributed by atoms with Crippen molar-refractivity contribution >= 4 is 22.9 Å². The third-order valence-electron chi connectivity index (χ3n) is 3.38. The van der Waals surface area contributed by atoms with Crippen molar-refractivity contribution in [2.75, 3.05) is 12.5 Å². The van der Waals surface area contributed by atoms with Crippen molar-refractivity contribution in [3.63, 3.8) is 0 Å². The van der Waals surface area contributed by atoms with Crippen LogP contribution in [0.5, 0.6) is 5.75 Å². The number of hydrogen-bond donors (Lipinski definition) is 2. The van der Waals surface area contributed by atoms with Gasteiger partial charge in [-0.25, -0.2) is 5.43 Å². The second kappa shape index (κ2) is 6.27. The van der Waals surface area contributed by atoms with Crippen LogP contribution in [0.4, 0.5) is 5.95 Å². The highest BCUT2D eigenvalue weighted by molar-refractivity contribution is 6.02. The highest BCUT2D eigenvalue weighted by atomic mass is 16.5. The summed E-state index contributed by atoms with van der Waals surface area (Å²) in [6.45, 7) is 1.58. The summed E-state index contributed by atoms with van der Waals surface area (Å²) >= 11 is 0. The van der Waals surface area contributed by atoms with Gasteiger partial charge < -0.3 is 4.74 Å². The van der Waals surface area contributed by atoms with Gasteiger partial charge in [-0.1, -0.05) is 30.3 Å². The Kier molecular flexibility index (Phi) is 4.01. The van der Waals surface area contributed by atoms with Crippen molar-refractivity contribution in [3.05, 3.63) is 58.0 Å². The van der Waals surface area contributed by atoms with Crippen molar-refractivity contribution in [3.8, 4) is 5.75 Å². The topological polar surface area (TPSA) is 92.3 Å². The molecule has 7 heteroatoms. The fourth-order valence-corrected chi connectivity index (χ4v) is 2.19. The standard InChI is InChI=1S/C16H15N5O2/c1-10-15(22)18-16(21-19-10)20-17-9-13-12-6-4-3-5-11(12)7-8-14(13)23-2/h3-9H,1-2H3,(H2,18,20,21,22)/b17-9+. The predicted molar refractivity (Wildman–Crippen MR) is 89.1 cm³/mol. The van der Waals surface area contributed by atoms with Gasteiger partial charge in [0.05, 0.1) is 13.3 Å². The Labute approximate surface area is 132 Å². The molecule has 2 N–H and O–H groups in total. The van der Waals surface area contributed by atoms with Crippen LogP contribution in [0, 0.1) is 6.92 Å². The molecule has 0 aliphatic carbocycles. The van der Waals surface area contributed by atoms with Crippen LogP contribution in [0.25, 0.3) is 10.8 Å². The maximum atomic E-state index is 11.5. The summed E-state index contributed by atoms with van der Waals surface area (Å²) in [4.78, 5) is 14.0. The second-order valence-corrected chi connectivity index (χ2v) is 4.86. The molecular weight excluding hydrogens is 294 g/mol. The molecule has 0 aliphatic heterocycles. The zero-order chi connectivity index (χ0) is 16.2. The SMILES string of the molecule is COc1ccc2ccccc2c1/C=N/Nc1nnc(C)c(=O)[nH]1. The van der Waals surface area contributed by atoms with Gasteiger partial charge in [-0.2, -0.15) is 5.10 Å². The lowest BCUT2D eigenvalue weighted by molar-refractivity contribution is 0.415. The fraction of sp³-hybridized carbons (Fsp3) is 0.125. The van der Waals surface area contributed by atoms with Crippen LogP contribution in [-0.4, -0.2) is 28.5 Å². The minimum absolute atomic E-state index is 0.177. The number of methoxy groups -OCH3 is 1. The van der Waals surface area contributed by atoms with Crippen molar-refractivity contribution in [2.24, 2.45) is 5.10 Å². The number of nitrogens with zero attached hydrogens (tertiary/aromatic N) is 3. The largest absolute Gasteiger partial charge is 0.496 e. The number of aromatic nitrogens is 3. The third kappa shape index (κ3) is 3.03. The maximum Gasteiger partial charge on any atom is 0.274 e. The Balaban J connectivity index is 1.93. The summed E-state index contributed by atoms with van der Waals surface area (Å²) in [6.07, 6.45) is 1.63. The van der Waals surface area contributed by atoms with E-state index in [2.05, 4.69) is 25.7 Å². The molecule has 3 rings (SSSR count). The summed E-state index contributed by atoms with van der Waals surface area (Å²) in [7, 11) is 1.61. The summed E-state index contributed by atoms with van der Waals surface area (Å²) in [5.74, 6) is 0.883. The van der Waals surface area contributed by atoms with Gasteiger partial charge >= 0.3 is 0 Å². The first-order valence-electron chi connectivity index (χ1n) is 6.97. The Bertz CT molecular complexity index is 933. The molecule has 23 heavy (non-hydrogen) atoms. The Morgan fingerprint density at radius 3 is 2.83 bits per heavy atom. The second-order valence-electron chi connectivity index (χ2n) is 4.86. The molecule has 116 valence electrons. The molecule has 0 bridgehead atoms. The van der Waals surface area contributed by atoms with Gasteiger partial charge in [0.1, 0.15) is 11.4 Å². The van der Waals surface area contributed by atoms with E-state index in [1.807, 2.05) is 36.4 Å². The van der Waals surface area contributed by atoms with Crippen molar-refractivity contribution in [2.45, 2.75) is 6.92 Å². The van der Waals surface area contributed by atoms with E-state index in [-0.39, 0.29) is 11.5 Å². The van der Waals surface area contributed by atoms with Crippen LogP contribution in [-0.2, 0) is 0 Å². The molecule has 0 unspecified atom stereocenters. The monoisotopic (exact) mass is 309 g/mol. The smallest absolute Gasteiger partial charge is 0.274 e. The van der Waals surface area contributed by atoms with E-state index < -0.39 is 0 Å². The van der Waals surface area contributed by atoms with Gasteiger partial charge in [-0.3, -0.25) is 9.78 Å². The molecule has 0 amide bonds. The van der Waals surface area contributed by atoms with Crippen LogP contribution in [0.15, 0.2) is 46.3 Å². The molecule has 0 fully saturated rings. The number of aromatic amines is 1.